The van der Waals surface area contributed by atoms with Crippen molar-refractivity contribution in [3.05, 3.63) is 29.8 Å². The van der Waals surface area contributed by atoms with Gasteiger partial charge in [0.05, 0.1) is 0 Å². The van der Waals surface area contributed by atoms with Crippen molar-refractivity contribution in [1.82, 2.24) is 5.32 Å². The molecule has 0 saturated carbocycles. The molecule has 1 aromatic carbocycles. The summed E-state index contributed by atoms with van der Waals surface area (Å²) in [6.45, 7) is 1.36. The van der Waals surface area contributed by atoms with E-state index in [0.29, 0.717) is 0 Å². The van der Waals surface area contributed by atoms with E-state index in [0.717, 1.165) is 0 Å². The van der Waals surface area contributed by atoms with E-state index in [1.165, 1.54) is 19.1 Å². The van der Waals surface area contributed by atoms with Crippen molar-refractivity contribution < 1.29 is 27.5 Å². The zero-order valence-corrected chi connectivity index (χ0v) is 12.9. The Kier molecular flexibility index (Phi) is 6.71. The van der Waals surface area contributed by atoms with Crippen molar-refractivity contribution in [2.75, 3.05) is 6.54 Å². The summed E-state index contributed by atoms with van der Waals surface area (Å²) in [5.41, 5.74) is 0.175. The van der Waals surface area contributed by atoms with Gasteiger partial charge in [-0.3, -0.25) is 0 Å². The molecule has 0 aliphatic heterocycles. The molecule has 0 bridgehead atoms. The number of halogens is 3. The number of alkyl halides is 3. The average Bonchev–Trinajstić information content (AvgIpc) is 2.36. The SMILES string of the molecule is CC(=O)Oc1ccccc1C(=O)NCCC[Se]C(F)(F)F. The quantitative estimate of drug-likeness (QED) is 0.363. The number of ether oxygens (including phenoxy) is 1. The van der Waals surface area contributed by atoms with Crippen LogP contribution < -0.4 is 10.1 Å². The molecule has 1 aromatic rings. The zero-order chi connectivity index (χ0) is 15.9. The minimum absolute atomic E-state index is 0.0162. The molecule has 0 fully saturated rings. The van der Waals surface area contributed by atoms with Gasteiger partial charge in [0, 0.05) is 0 Å². The van der Waals surface area contributed by atoms with Crippen molar-refractivity contribution >= 4 is 26.8 Å². The van der Waals surface area contributed by atoms with Gasteiger partial charge in [0.25, 0.3) is 0 Å². The average molecular weight is 368 g/mol. The molecular weight excluding hydrogens is 354 g/mol. The summed E-state index contributed by atoms with van der Waals surface area (Å²) in [5, 5.41) is -1.58. The van der Waals surface area contributed by atoms with Gasteiger partial charge in [0.1, 0.15) is 0 Å². The van der Waals surface area contributed by atoms with Gasteiger partial charge in [-0.15, -0.1) is 0 Å². The topological polar surface area (TPSA) is 55.4 Å². The molecule has 0 aromatic heterocycles. The molecule has 8 heteroatoms. The zero-order valence-electron chi connectivity index (χ0n) is 11.2. The van der Waals surface area contributed by atoms with Crippen LogP contribution in [0.3, 0.4) is 0 Å². The molecule has 21 heavy (non-hydrogen) atoms. The Morgan fingerprint density at radius 1 is 1.29 bits per heavy atom. The van der Waals surface area contributed by atoms with Crippen LogP contribution >= 0.6 is 0 Å². The molecule has 0 unspecified atom stereocenters. The monoisotopic (exact) mass is 369 g/mol. The molecule has 116 valence electrons. The Balaban J connectivity index is 2.47. The third kappa shape index (κ3) is 7.15. The normalized spacial score (nSPS) is 11.0. The number of hydrogen-bond donors (Lipinski definition) is 1. The van der Waals surface area contributed by atoms with Crippen molar-refractivity contribution in [2.45, 2.75) is 23.7 Å². The van der Waals surface area contributed by atoms with E-state index in [1.807, 2.05) is 0 Å². The second-order valence-electron chi connectivity index (χ2n) is 3.99. The molecule has 4 nitrogen and oxygen atoms in total. The summed E-state index contributed by atoms with van der Waals surface area (Å²) in [5.74, 6) is -0.906. The van der Waals surface area contributed by atoms with Crippen molar-refractivity contribution in [3.8, 4) is 5.75 Å². The van der Waals surface area contributed by atoms with Crippen LogP contribution in [-0.2, 0) is 4.79 Å². The van der Waals surface area contributed by atoms with Gasteiger partial charge in [-0.05, 0) is 0 Å². The number of benzene rings is 1. The third-order valence-electron chi connectivity index (χ3n) is 2.26. The standard InChI is InChI=1S/C13H14F3NO3Se/c1-9(18)20-11-6-3-2-5-10(11)12(19)17-7-4-8-21-13(14,15)16/h2-3,5-6H,4,7-8H2,1H3,(H,17,19). The van der Waals surface area contributed by atoms with Gasteiger partial charge >= 0.3 is 126 Å². The predicted molar refractivity (Wildman–Crippen MR) is 71.3 cm³/mol. The van der Waals surface area contributed by atoms with E-state index in [4.69, 9.17) is 4.74 Å². The van der Waals surface area contributed by atoms with Gasteiger partial charge in [-0.1, -0.05) is 0 Å². The Bertz CT molecular complexity index is 506. The Labute approximate surface area is 126 Å². The van der Waals surface area contributed by atoms with Crippen molar-refractivity contribution in [1.29, 1.82) is 0 Å². The molecule has 0 spiro atoms. The first kappa shape index (κ1) is 17.5. The number of carbonyl (C=O) groups excluding carboxylic acids is 2. The molecule has 0 radical (unpaired) electrons. The molecule has 1 N–H and O–H groups in total. The molecule has 0 heterocycles. The van der Waals surface area contributed by atoms with Crippen LogP contribution in [0.1, 0.15) is 23.7 Å². The molecule has 1 rings (SSSR count). The molecule has 0 saturated heterocycles. The van der Waals surface area contributed by atoms with Gasteiger partial charge in [0.15, 0.2) is 0 Å². The first-order valence-corrected chi connectivity index (χ1v) is 8.13. The molecular formula is C13H14F3NO3Se. The van der Waals surface area contributed by atoms with Gasteiger partial charge in [-0.25, -0.2) is 0 Å². The fraction of sp³-hybridized carbons (Fsp3) is 0.385. The summed E-state index contributed by atoms with van der Waals surface area (Å²) in [6.07, 6.45) is 0.251. The number of carbonyl (C=O) groups is 2. The molecule has 0 atom stereocenters. The van der Waals surface area contributed by atoms with E-state index in [1.54, 1.807) is 12.1 Å². The summed E-state index contributed by atoms with van der Waals surface area (Å²) >= 11 is -1.42. The molecule has 0 aliphatic carbocycles. The van der Waals surface area contributed by atoms with Crippen LogP contribution in [0.15, 0.2) is 24.3 Å². The van der Waals surface area contributed by atoms with E-state index < -0.39 is 31.9 Å². The number of rotatable bonds is 6. The number of amides is 1. The number of esters is 1. The summed E-state index contributed by atoms with van der Waals surface area (Å²) in [7, 11) is 0. The Morgan fingerprint density at radius 2 is 1.95 bits per heavy atom. The Morgan fingerprint density at radius 3 is 2.57 bits per heavy atom. The summed E-state index contributed by atoms with van der Waals surface area (Å²) < 4.78 is 40.8. The van der Waals surface area contributed by atoms with Crippen LogP contribution in [0, 0.1) is 0 Å². The number of para-hydroxylation sites is 1. The number of nitrogens with one attached hydrogen (secondary N) is 1. The fourth-order valence-corrected chi connectivity index (χ4v) is 2.55. The van der Waals surface area contributed by atoms with E-state index in [-0.39, 0.29) is 29.6 Å². The maximum atomic E-state index is 12.0. The van der Waals surface area contributed by atoms with Gasteiger partial charge in [-0.2, -0.15) is 0 Å². The van der Waals surface area contributed by atoms with Crippen LogP contribution in [-0.4, -0.2) is 38.5 Å². The van der Waals surface area contributed by atoms with Crippen LogP contribution in [0.25, 0.3) is 0 Å². The van der Waals surface area contributed by atoms with Crippen LogP contribution in [0.4, 0.5) is 13.2 Å². The van der Waals surface area contributed by atoms with Gasteiger partial charge < -0.3 is 0 Å². The second-order valence-corrected chi connectivity index (χ2v) is 6.43. The van der Waals surface area contributed by atoms with Crippen LogP contribution in [0.2, 0.25) is 5.32 Å². The molecule has 1 amide bonds. The fourth-order valence-electron chi connectivity index (χ4n) is 1.46. The van der Waals surface area contributed by atoms with E-state index in [2.05, 4.69) is 5.32 Å². The van der Waals surface area contributed by atoms with E-state index >= 15 is 0 Å². The van der Waals surface area contributed by atoms with Crippen LogP contribution in [0.5, 0.6) is 5.75 Å². The minimum atomic E-state index is -4.11. The summed E-state index contributed by atoms with van der Waals surface area (Å²) in [6, 6.07) is 6.17. The maximum absolute atomic E-state index is 12.0. The van der Waals surface area contributed by atoms with Gasteiger partial charge in [0.2, 0.25) is 0 Å². The van der Waals surface area contributed by atoms with E-state index in [9.17, 15) is 22.8 Å². The molecule has 0 aliphatic rings. The first-order chi connectivity index (χ1) is 9.79. The second kappa shape index (κ2) is 8.04. The number of hydrogen-bond acceptors (Lipinski definition) is 3. The first-order valence-electron chi connectivity index (χ1n) is 6.06. The Hall–Kier alpha value is -1.53. The predicted octanol–water partition coefficient (Wildman–Crippen LogP) is 2.37. The summed E-state index contributed by atoms with van der Waals surface area (Å²) in [4.78, 5) is 22.8. The van der Waals surface area contributed by atoms with Crippen molar-refractivity contribution in [2.24, 2.45) is 0 Å². The third-order valence-corrected chi connectivity index (χ3v) is 3.98. The van der Waals surface area contributed by atoms with Crippen molar-refractivity contribution in [3.63, 3.8) is 0 Å².